The number of cyclic esters (lactones) is 1. The molecule has 0 radical (unpaired) electrons. The highest BCUT2D eigenvalue weighted by Crippen LogP contribution is 2.22. The Balaban J connectivity index is 2.10. The molecule has 4 nitrogen and oxygen atoms in total. The van der Waals surface area contributed by atoms with Crippen LogP contribution in [0.5, 0.6) is 5.75 Å². The van der Waals surface area contributed by atoms with E-state index in [4.69, 9.17) is 15.2 Å². The van der Waals surface area contributed by atoms with Gasteiger partial charge in [0.1, 0.15) is 5.75 Å². The van der Waals surface area contributed by atoms with E-state index in [0.29, 0.717) is 18.8 Å². The lowest BCUT2D eigenvalue weighted by Crippen LogP contribution is -2.21. The fraction of sp³-hybridized carbons (Fsp3) is 0.364. The summed E-state index contributed by atoms with van der Waals surface area (Å²) in [5.41, 5.74) is 7.34. The van der Waals surface area contributed by atoms with Crippen molar-refractivity contribution >= 4 is 11.7 Å². The third-order valence-electron chi connectivity index (χ3n) is 2.41. The van der Waals surface area contributed by atoms with Crippen LogP contribution in [-0.2, 0) is 9.53 Å². The maximum atomic E-state index is 11.2. The van der Waals surface area contributed by atoms with E-state index in [1.165, 1.54) is 0 Å². The number of anilines is 1. The molecule has 0 spiro atoms. The standard InChI is InChI=1S/C11H13NO3/c1-7-6-8(2-3-9(7)12)15-10-4-5-14-11(10)13/h2-3,6,10H,4-5,12H2,1H3/t10-/m1/s1. The summed E-state index contributed by atoms with van der Waals surface area (Å²) in [7, 11) is 0. The van der Waals surface area contributed by atoms with Crippen molar-refractivity contribution < 1.29 is 14.3 Å². The molecule has 0 aromatic heterocycles. The predicted molar refractivity (Wildman–Crippen MR) is 55.6 cm³/mol. The Hall–Kier alpha value is -1.71. The molecule has 80 valence electrons. The van der Waals surface area contributed by atoms with Gasteiger partial charge in [0.2, 0.25) is 0 Å². The molecule has 0 saturated carbocycles. The number of nitrogen functional groups attached to an aromatic ring is 1. The zero-order valence-corrected chi connectivity index (χ0v) is 8.53. The summed E-state index contributed by atoms with van der Waals surface area (Å²) in [6.07, 6.45) is 0.149. The van der Waals surface area contributed by atoms with Crippen molar-refractivity contribution in [2.45, 2.75) is 19.4 Å². The number of esters is 1. The summed E-state index contributed by atoms with van der Waals surface area (Å²) in [5, 5.41) is 0. The van der Waals surface area contributed by atoms with Crippen molar-refractivity contribution in [3.8, 4) is 5.75 Å². The van der Waals surface area contributed by atoms with Crippen molar-refractivity contribution in [3.05, 3.63) is 23.8 Å². The largest absolute Gasteiger partial charge is 0.479 e. The minimum absolute atomic E-state index is 0.288. The fourth-order valence-corrected chi connectivity index (χ4v) is 1.47. The summed E-state index contributed by atoms with van der Waals surface area (Å²) in [6.45, 7) is 2.34. The minimum atomic E-state index is -0.465. The minimum Gasteiger partial charge on any atom is -0.479 e. The highest BCUT2D eigenvalue weighted by molar-refractivity contribution is 5.76. The van der Waals surface area contributed by atoms with Gasteiger partial charge in [-0.05, 0) is 30.7 Å². The summed E-state index contributed by atoms with van der Waals surface area (Å²) in [6, 6.07) is 5.35. The lowest BCUT2D eigenvalue weighted by Gasteiger charge is -2.11. The monoisotopic (exact) mass is 207 g/mol. The number of ether oxygens (including phenoxy) is 2. The number of hydrogen-bond donors (Lipinski definition) is 1. The number of rotatable bonds is 2. The highest BCUT2D eigenvalue weighted by atomic mass is 16.6. The average molecular weight is 207 g/mol. The van der Waals surface area contributed by atoms with Crippen LogP contribution in [0.15, 0.2) is 18.2 Å². The Bertz CT molecular complexity index is 389. The van der Waals surface area contributed by atoms with E-state index in [0.717, 1.165) is 11.3 Å². The topological polar surface area (TPSA) is 61.5 Å². The second-order valence-electron chi connectivity index (χ2n) is 3.58. The van der Waals surface area contributed by atoms with Crippen LogP contribution >= 0.6 is 0 Å². The molecule has 15 heavy (non-hydrogen) atoms. The Morgan fingerprint density at radius 2 is 2.33 bits per heavy atom. The van der Waals surface area contributed by atoms with Gasteiger partial charge in [-0.1, -0.05) is 0 Å². The number of aryl methyl sites for hydroxylation is 1. The summed E-state index contributed by atoms with van der Waals surface area (Å²) < 4.78 is 10.3. The Morgan fingerprint density at radius 1 is 1.53 bits per heavy atom. The zero-order valence-electron chi connectivity index (χ0n) is 8.53. The molecule has 1 aromatic rings. The first-order valence-corrected chi connectivity index (χ1v) is 4.86. The van der Waals surface area contributed by atoms with Gasteiger partial charge in [0.25, 0.3) is 0 Å². The lowest BCUT2D eigenvalue weighted by molar-refractivity contribution is -0.143. The molecule has 0 amide bonds. The molecule has 1 aliphatic rings. The first kappa shape index (κ1) is 9.83. The number of hydrogen-bond acceptors (Lipinski definition) is 4. The molecule has 1 aliphatic heterocycles. The average Bonchev–Trinajstić information content (AvgIpc) is 2.59. The molecule has 4 heteroatoms. The second-order valence-corrected chi connectivity index (χ2v) is 3.58. The van der Waals surface area contributed by atoms with Crippen molar-refractivity contribution in [2.75, 3.05) is 12.3 Å². The van der Waals surface area contributed by atoms with Gasteiger partial charge in [0, 0.05) is 12.1 Å². The van der Waals surface area contributed by atoms with E-state index < -0.39 is 6.10 Å². The summed E-state index contributed by atoms with van der Waals surface area (Å²) >= 11 is 0. The third-order valence-corrected chi connectivity index (χ3v) is 2.41. The molecule has 2 rings (SSSR count). The molecule has 1 atom stereocenters. The SMILES string of the molecule is Cc1cc(O[C@@H]2CCOC2=O)ccc1N. The molecular weight excluding hydrogens is 194 g/mol. The van der Waals surface area contributed by atoms with Crippen LogP contribution in [0, 0.1) is 6.92 Å². The van der Waals surface area contributed by atoms with Crippen molar-refractivity contribution in [2.24, 2.45) is 0 Å². The Labute approximate surface area is 88.0 Å². The van der Waals surface area contributed by atoms with Crippen LogP contribution in [-0.4, -0.2) is 18.7 Å². The van der Waals surface area contributed by atoms with Gasteiger partial charge in [0.05, 0.1) is 6.61 Å². The van der Waals surface area contributed by atoms with E-state index in [9.17, 15) is 4.79 Å². The van der Waals surface area contributed by atoms with E-state index >= 15 is 0 Å². The molecule has 1 heterocycles. The molecular formula is C11H13NO3. The van der Waals surface area contributed by atoms with Gasteiger partial charge in [0.15, 0.2) is 6.10 Å². The molecule has 1 fully saturated rings. The first-order valence-electron chi connectivity index (χ1n) is 4.86. The quantitative estimate of drug-likeness (QED) is 0.586. The van der Waals surface area contributed by atoms with Crippen LogP contribution in [0.25, 0.3) is 0 Å². The normalized spacial score (nSPS) is 20.1. The second kappa shape index (κ2) is 3.81. The van der Waals surface area contributed by atoms with E-state index in [-0.39, 0.29) is 5.97 Å². The van der Waals surface area contributed by atoms with E-state index in [1.807, 2.05) is 13.0 Å². The van der Waals surface area contributed by atoms with Crippen LogP contribution in [0.4, 0.5) is 5.69 Å². The zero-order chi connectivity index (χ0) is 10.8. The maximum Gasteiger partial charge on any atom is 0.347 e. The lowest BCUT2D eigenvalue weighted by atomic mass is 10.2. The van der Waals surface area contributed by atoms with Gasteiger partial charge in [-0.2, -0.15) is 0 Å². The number of carbonyl (C=O) groups is 1. The van der Waals surface area contributed by atoms with Gasteiger partial charge >= 0.3 is 5.97 Å². The molecule has 1 aromatic carbocycles. The number of benzene rings is 1. The molecule has 2 N–H and O–H groups in total. The van der Waals surface area contributed by atoms with Crippen LogP contribution in [0.3, 0.4) is 0 Å². The predicted octanol–water partition coefficient (Wildman–Crippen LogP) is 1.27. The maximum absolute atomic E-state index is 11.2. The Morgan fingerprint density at radius 3 is 2.93 bits per heavy atom. The van der Waals surface area contributed by atoms with Gasteiger partial charge in [-0.3, -0.25) is 0 Å². The first-order chi connectivity index (χ1) is 7.16. The Kier molecular flexibility index (Phi) is 2.49. The fourth-order valence-electron chi connectivity index (χ4n) is 1.47. The molecule has 1 saturated heterocycles. The molecule has 0 bridgehead atoms. The smallest absolute Gasteiger partial charge is 0.347 e. The molecule has 0 unspecified atom stereocenters. The summed E-state index contributed by atoms with van der Waals surface area (Å²) in [4.78, 5) is 11.2. The van der Waals surface area contributed by atoms with E-state index in [2.05, 4.69) is 0 Å². The number of carbonyl (C=O) groups excluding carboxylic acids is 1. The van der Waals surface area contributed by atoms with Crippen LogP contribution in [0.2, 0.25) is 0 Å². The highest BCUT2D eigenvalue weighted by Gasteiger charge is 2.28. The van der Waals surface area contributed by atoms with Crippen molar-refractivity contribution in [1.29, 1.82) is 0 Å². The number of nitrogens with two attached hydrogens (primary N) is 1. The van der Waals surface area contributed by atoms with Crippen LogP contribution in [0.1, 0.15) is 12.0 Å². The third kappa shape index (κ3) is 2.03. The van der Waals surface area contributed by atoms with Gasteiger partial charge in [-0.25, -0.2) is 4.79 Å². The van der Waals surface area contributed by atoms with Crippen LogP contribution < -0.4 is 10.5 Å². The molecule has 0 aliphatic carbocycles. The van der Waals surface area contributed by atoms with Crippen molar-refractivity contribution in [3.63, 3.8) is 0 Å². The van der Waals surface area contributed by atoms with E-state index in [1.54, 1.807) is 12.1 Å². The van der Waals surface area contributed by atoms with Gasteiger partial charge in [-0.15, -0.1) is 0 Å². The van der Waals surface area contributed by atoms with Crippen molar-refractivity contribution in [1.82, 2.24) is 0 Å². The summed E-state index contributed by atoms with van der Waals surface area (Å²) in [5.74, 6) is 0.370. The van der Waals surface area contributed by atoms with Gasteiger partial charge < -0.3 is 15.2 Å².